The highest BCUT2D eigenvalue weighted by atomic mass is 19.4. The zero-order chi connectivity index (χ0) is 15.7. The third kappa shape index (κ3) is 2.77. The largest absolute Gasteiger partial charge is 0.416 e. The van der Waals surface area contributed by atoms with Gasteiger partial charge in [-0.3, -0.25) is 0 Å². The van der Waals surface area contributed by atoms with Crippen molar-refractivity contribution in [2.75, 3.05) is 5.32 Å². The molecule has 22 heavy (non-hydrogen) atoms. The molecule has 0 spiro atoms. The Morgan fingerprint density at radius 2 is 1.91 bits per heavy atom. The lowest BCUT2D eigenvalue weighted by Gasteiger charge is -2.09. The first-order valence-electron chi connectivity index (χ1n) is 6.87. The molecular formula is C16H14F3N3. The van der Waals surface area contributed by atoms with Gasteiger partial charge in [0.2, 0.25) is 0 Å². The number of aryl methyl sites for hydroxylation is 1. The minimum Gasteiger partial charge on any atom is -0.354 e. The molecule has 0 saturated carbocycles. The second kappa shape index (κ2) is 5.36. The number of nitrogens with one attached hydrogen (secondary N) is 2. The molecule has 1 aromatic carbocycles. The van der Waals surface area contributed by atoms with E-state index in [1.807, 2.05) is 13.0 Å². The minimum atomic E-state index is -4.32. The topological polar surface area (TPSA) is 40.7 Å². The standard InChI is InChI=1S/C16H14F3N3/c1-2-10-7-13-14(9-21-15(13)20-8-10)22-12-5-3-11(4-6-12)16(17,18)19/h3-9,22H,2H2,1H3,(H,20,21). The Bertz CT molecular complexity index is 788. The van der Waals surface area contributed by atoms with Crippen LogP contribution < -0.4 is 5.32 Å². The van der Waals surface area contributed by atoms with E-state index in [0.717, 1.165) is 40.8 Å². The van der Waals surface area contributed by atoms with Gasteiger partial charge in [0.1, 0.15) is 5.65 Å². The lowest BCUT2D eigenvalue weighted by Crippen LogP contribution is -2.04. The molecule has 3 aromatic rings. The van der Waals surface area contributed by atoms with Crippen molar-refractivity contribution >= 4 is 22.4 Å². The lowest BCUT2D eigenvalue weighted by molar-refractivity contribution is -0.137. The number of halogens is 3. The SMILES string of the molecule is CCc1cnc2[nH]cc(Nc3ccc(C(F)(F)F)cc3)c2c1. The molecule has 3 rings (SSSR count). The van der Waals surface area contributed by atoms with Gasteiger partial charge >= 0.3 is 6.18 Å². The molecule has 2 heterocycles. The van der Waals surface area contributed by atoms with Gasteiger partial charge in [0.15, 0.2) is 0 Å². The number of alkyl halides is 3. The van der Waals surface area contributed by atoms with Crippen LogP contribution in [0.2, 0.25) is 0 Å². The summed E-state index contributed by atoms with van der Waals surface area (Å²) in [4.78, 5) is 7.36. The molecule has 0 bridgehead atoms. The Labute approximate surface area is 125 Å². The fourth-order valence-electron chi connectivity index (χ4n) is 2.24. The van der Waals surface area contributed by atoms with Crippen LogP contribution in [0.3, 0.4) is 0 Å². The number of nitrogens with zero attached hydrogens (tertiary/aromatic N) is 1. The molecule has 2 N–H and O–H groups in total. The summed E-state index contributed by atoms with van der Waals surface area (Å²) in [5.41, 5.74) is 2.56. The third-order valence-electron chi connectivity index (χ3n) is 3.49. The summed E-state index contributed by atoms with van der Waals surface area (Å²) in [6, 6.07) is 6.97. The fraction of sp³-hybridized carbons (Fsp3) is 0.188. The van der Waals surface area contributed by atoms with Crippen LogP contribution in [0.15, 0.2) is 42.7 Å². The molecule has 2 aromatic heterocycles. The van der Waals surface area contributed by atoms with Gasteiger partial charge in [0.25, 0.3) is 0 Å². The Balaban J connectivity index is 1.90. The van der Waals surface area contributed by atoms with E-state index in [-0.39, 0.29) is 0 Å². The number of rotatable bonds is 3. The molecule has 0 atom stereocenters. The smallest absolute Gasteiger partial charge is 0.354 e. The van der Waals surface area contributed by atoms with Crippen molar-refractivity contribution in [1.82, 2.24) is 9.97 Å². The van der Waals surface area contributed by atoms with Gasteiger partial charge in [-0.25, -0.2) is 4.98 Å². The highest BCUT2D eigenvalue weighted by Crippen LogP contribution is 2.31. The number of hydrogen-bond acceptors (Lipinski definition) is 2. The quantitative estimate of drug-likeness (QED) is 0.723. The van der Waals surface area contributed by atoms with Crippen LogP contribution in [-0.2, 0) is 12.6 Å². The summed E-state index contributed by atoms with van der Waals surface area (Å²) in [5, 5.41) is 4.03. The number of hydrogen-bond donors (Lipinski definition) is 2. The Kier molecular flexibility index (Phi) is 3.52. The number of aromatic nitrogens is 2. The molecule has 0 unspecified atom stereocenters. The van der Waals surface area contributed by atoms with E-state index < -0.39 is 11.7 Å². The normalized spacial score (nSPS) is 11.8. The third-order valence-corrected chi connectivity index (χ3v) is 3.49. The van der Waals surface area contributed by atoms with Crippen LogP contribution in [0.25, 0.3) is 11.0 Å². The summed E-state index contributed by atoms with van der Waals surface area (Å²) in [7, 11) is 0. The molecule has 0 aliphatic heterocycles. The summed E-state index contributed by atoms with van der Waals surface area (Å²) < 4.78 is 37.7. The predicted molar refractivity (Wildman–Crippen MR) is 80.2 cm³/mol. The van der Waals surface area contributed by atoms with Gasteiger partial charge in [0, 0.05) is 23.5 Å². The number of benzene rings is 1. The monoisotopic (exact) mass is 305 g/mol. The lowest BCUT2D eigenvalue weighted by atomic mass is 10.1. The van der Waals surface area contributed by atoms with Crippen molar-refractivity contribution in [3.05, 3.63) is 53.9 Å². The molecule has 0 aliphatic carbocycles. The highest BCUT2D eigenvalue weighted by molar-refractivity contribution is 5.92. The number of anilines is 2. The average Bonchev–Trinajstić information content (AvgIpc) is 2.89. The van der Waals surface area contributed by atoms with Crippen molar-refractivity contribution in [2.24, 2.45) is 0 Å². The Morgan fingerprint density at radius 3 is 2.55 bits per heavy atom. The Morgan fingerprint density at radius 1 is 1.18 bits per heavy atom. The molecule has 0 fully saturated rings. The number of H-pyrrole nitrogens is 1. The molecule has 0 amide bonds. The fourth-order valence-corrected chi connectivity index (χ4v) is 2.24. The minimum absolute atomic E-state index is 0.593. The van der Waals surface area contributed by atoms with Crippen molar-refractivity contribution in [2.45, 2.75) is 19.5 Å². The first kappa shape index (κ1) is 14.4. The molecule has 0 aliphatic rings. The van der Waals surface area contributed by atoms with Crippen LogP contribution in [0.4, 0.5) is 24.5 Å². The maximum Gasteiger partial charge on any atom is 0.416 e. The number of aromatic amines is 1. The highest BCUT2D eigenvalue weighted by Gasteiger charge is 2.29. The van der Waals surface area contributed by atoms with Gasteiger partial charge in [0.05, 0.1) is 11.3 Å². The van der Waals surface area contributed by atoms with E-state index in [0.29, 0.717) is 5.69 Å². The van der Waals surface area contributed by atoms with Gasteiger partial charge in [-0.2, -0.15) is 13.2 Å². The van der Waals surface area contributed by atoms with Crippen LogP contribution in [-0.4, -0.2) is 9.97 Å². The van der Waals surface area contributed by atoms with E-state index in [1.54, 1.807) is 12.4 Å². The van der Waals surface area contributed by atoms with E-state index >= 15 is 0 Å². The maximum absolute atomic E-state index is 12.6. The predicted octanol–water partition coefficient (Wildman–Crippen LogP) is 4.89. The second-order valence-electron chi connectivity index (χ2n) is 5.00. The van der Waals surface area contributed by atoms with Crippen molar-refractivity contribution in [1.29, 1.82) is 0 Å². The van der Waals surface area contributed by atoms with Crippen LogP contribution >= 0.6 is 0 Å². The average molecular weight is 305 g/mol. The maximum atomic E-state index is 12.6. The summed E-state index contributed by atoms with van der Waals surface area (Å²) in [6.07, 6.45) is 0.114. The van der Waals surface area contributed by atoms with Gasteiger partial charge < -0.3 is 10.3 Å². The van der Waals surface area contributed by atoms with Crippen LogP contribution in [0, 0.1) is 0 Å². The van der Waals surface area contributed by atoms with Gasteiger partial charge in [-0.1, -0.05) is 6.92 Å². The van der Waals surface area contributed by atoms with Gasteiger partial charge in [-0.15, -0.1) is 0 Å². The van der Waals surface area contributed by atoms with Crippen molar-refractivity contribution < 1.29 is 13.2 Å². The zero-order valence-corrected chi connectivity index (χ0v) is 11.8. The van der Waals surface area contributed by atoms with E-state index in [1.165, 1.54) is 12.1 Å². The molecular weight excluding hydrogens is 291 g/mol. The summed E-state index contributed by atoms with van der Waals surface area (Å²) in [5.74, 6) is 0. The zero-order valence-electron chi connectivity index (χ0n) is 11.8. The van der Waals surface area contributed by atoms with Crippen molar-refractivity contribution in [3.63, 3.8) is 0 Å². The van der Waals surface area contributed by atoms with E-state index in [2.05, 4.69) is 15.3 Å². The molecule has 0 saturated heterocycles. The van der Waals surface area contributed by atoms with Gasteiger partial charge in [-0.05, 0) is 42.3 Å². The first-order chi connectivity index (χ1) is 10.5. The Hall–Kier alpha value is -2.50. The van der Waals surface area contributed by atoms with Crippen molar-refractivity contribution in [3.8, 4) is 0 Å². The first-order valence-corrected chi connectivity index (χ1v) is 6.87. The van der Waals surface area contributed by atoms with E-state index in [9.17, 15) is 13.2 Å². The summed E-state index contributed by atoms with van der Waals surface area (Å²) >= 11 is 0. The van der Waals surface area contributed by atoms with Crippen LogP contribution in [0.1, 0.15) is 18.1 Å². The van der Waals surface area contributed by atoms with E-state index in [4.69, 9.17) is 0 Å². The molecule has 6 heteroatoms. The number of pyridine rings is 1. The second-order valence-corrected chi connectivity index (χ2v) is 5.00. The molecule has 114 valence electrons. The van der Waals surface area contributed by atoms with Crippen LogP contribution in [0.5, 0.6) is 0 Å². The number of fused-ring (bicyclic) bond motifs is 1. The summed E-state index contributed by atoms with van der Waals surface area (Å²) in [6.45, 7) is 2.04. The molecule has 3 nitrogen and oxygen atoms in total. The molecule has 0 radical (unpaired) electrons.